The van der Waals surface area contributed by atoms with Gasteiger partial charge in [0.15, 0.2) is 11.5 Å². The zero-order valence-electron chi connectivity index (χ0n) is 17.2. The van der Waals surface area contributed by atoms with Gasteiger partial charge >= 0.3 is 109 Å². The van der Waals surface area contributed by atoms with E-state index in [0.29, 0.717) is 17.2 Å². The zero-order valence-corrected chi connectivity index (χ0v) is 25.0. The van der Waals surface area contributed by atoms with Crippen LogP contribution < -0.4 is 127 Å². The third-order valence-electron chi connectivity index (χ3n) is 3.32. The van der Waals surface area contributed by atoms with Gasteiger partial charge in [-0.3, -0.25) is 0 Å². The van der Waals surface area contributed by atoms with Crippen LogP contribution >= 0.6 is 15.9 Å². The van der Waals surface area contributed by atoms with E-state index in [1.54, 1.807) is 32.4 Å². The average Bonchev–Trinajstić information content (AvgIpc) is 2.65. The van der Waals surface area contributed by atoms with Gasteiger partial charge in [-0.2, -0.15) is 0 Å². The van der Waals surface area contributed by atoms with Crippen LogP contribution in [0.5, 0.6) is 23.0 Å². The van der Waals surface area contributed by atoms with Gasteiger partial charge < -0.3 is 39.1 Å². The Hall–Kier alpha value is 0.133. The van der Waals surface area contributed by atoms with Crippen LogP contribution in [-0.4, -0.2) is 38.6 Å². The third kappa shape index (κ3) is 10.6. The van der Waals surface area contributed by atoms with Crippen LogP contribution in [0, 0.1) is 0 Å². The van der Waals surface area contributed by atoms with Crippen LogP contribution in [0.25, 0.3) is 0 Å². The van der Waals surface area contributed by atoms with Crippen molar-refractivity contribution in [3.63, 3.8) is 0 Å². The van der Waals surface area contributed by atoms with Crippen molar-refractivity contribution in [3.8, 4) is 23.0 Å². The molecule has 9 nitrogen and oxygen atoms in total. The first-order valence-corrected chi connectivity index (χ1v) is 8.35. The number of carbonyl (C=O) groups excluding carboxylic acids is 2. The van der Waals surface area contributed by atoms with Crippen molar-refractivity contribution >= 4 is 28.1 Å². The summed E-state index contributed by atoms with van der Waals surface area (Å²) < 4.78 is 21.5. The van der Waals surface area contributed by atoms with Crippen LogP contribution in [0.15, 0.2) is 34.8 Å². The fraction of sp³-hybridized carbons (Fsp3) is 0.222. The molecule has 1 N–H and O–H groups in total. The number of hydrogen-bond acceptors (Lipinski definition) is 9. The van der Waals surface area contributed by atoms with Crippen LogP contribution in [0.3, 0.4) is 0 Å². The van der Waals surface area contributed by atoms with Crippen molar-refractivity contribution in [2.75, 3.05) is 21.3 Å². The smallest absolute Gasteiger partial charge is 0.652 e. The molecule has 0 unspecified atom stereocenters. The first-order chi connectivity index (χ1) is 13.2. The maximum Gasteiger partial charge on any atom is 1.00 e. The molecule has 0 saturated heterocycles. The monoisotopic (exact) mass is 534 g/mol. The van der Waals surface area contributed by atoms with Gasteiger partial charge in [-0.1, -0.05) is 15.9 Å². The van der Waals surface area contributed by atoms with Gasteiger partial charge in [0.1, 0.15) is 23.7 Å². The van der Waals surface area contributed by atoms with Crippen LogP contribution in [0.1, 0.15) is 15.9 Å². The number of carbonyl (C=O) groups is 2. The van der Waals surface area contributed by atoms with E-state index in [9.17, 15) is 9.90 Å². The molecular weight excluding hydrogens is 518 g/mol. The number of rotatable bonds is 6. The molecule has 30 heavy (non-hydrogen) atoms. The summed E-state index contributed by atoms with van der Waals surface area (Å²) >= 11 is 3.45. The third-order valence-corrected chi connectivity index (χ3v) is 4.06. The summed E-state index contributed by atoms with van der Waals surface area (Å²) in [5.74, 6) is 0.797. The Bertz CT molecular complexity index is 843. The molecule has 152 valence electrons. The number of aromatic hydroxyl groups is 1. The van der Waals surface area contributed by atoms with E-state index in [1.807, 2.05) is 0 Å². The van der Waals surface area contributed by atoms with Crippen LogP contribution in [-0.2, 0) is 11.3 Å². The molecule has 0 saturated carbocycles. The molecule has 0 bridgehead atoms. The minimum Gasteiger partial charge on any atom is -0.652 e. The first kappa shape index (κ1) is 32.3. The van der Waals surface area contributed by atoms with Gasteiger partial charge in [0.25, 0.3) is 0 Å². The topological polar surface area (TPSA) is 137 Å². The largest absolute Gasteiger partial charge is 1.00 e. The Kier molecular flexibility index (Phi) is 18.0. The molecule has 0 atom stereocenters. The summed E-state index contributed by atoms with van der Waals surface area (Å²) in [6.45, 7) is 0.234. The van der Waals surface area contributed by atoms with Crippen molar-refractivity contribution in [2.45, 2.75) is 6.61 Å². The van der Waals surface area contributed by atoms with Crippen molar-refractivity contribution in [1.29, 1.82) is 0 Å². The minimum absolute atomic E-state index is 0. The second kappa shape index (κ2) is 16.7. The molecule has 0 heterocycles. The minimum atomic E-state index is -2.33. The molecule has 0 spiro atoms. The zero-order chi connectivity index (χ0) is 21.3. The van der Waals surface area contributed by atoms with E-state index in [1.165, 1.54) is 19.2 Å². The standard InChI is InChI=1S/C17H17BrO6.CH2O3.2K/c1-21-15-6-10(13(18)8-16(15)22-2)9-24-11-4-5-12(14(19)7-11)17(20)23-3;2-1(3)4;;/h4-8,19H,9H2,1-3H3;(H2,2,3,4);;/q;;2*+1/p-2. The van der Waals surface area contributed by atoms with Gasteiger partial charge in [0.05, 0.1) is 21.3 Å². The molecular formula is C18H17BrK2O9. The fourth-order valence-electron chi connectivity index (χ4n) is 2.05. The van der Waals surface area contributed by atoms with Gasteiger partial charge in [0.2, 0.25) is 0 Å². The first-order valence-electron chi connectivity index (χ1n) is 7.56. The summed E-state index contributed by atoms with van der Waals surface area (Å²) in [6, 6.07) is 7.97. The predicted octanol–water partition coefficient (Wildman–Crippen LogP) is -4.90. The Morgan fingerprint density at radius 2 is 1.53 bits per heavy atom. The Morgan fingerprint density at radius 3 is 2.00 bits per heavy atom. The van der Waals surface area contributed by atoms with E-state index >= 15 is 0 Å². The molecule has 2 aromatic rings. The number of phenolic OH excluding ortho intramolecular Hbond substituents is 1. The summed E-state index contributed by atoms with van der Waals surface area (Å²) in [5, 5.41) is 26.5. The second-order valence-corrected chi connectivity index (χ2v) is 5.86. The Morgan fingerprint density at radius 1 is 1.00 bits per heavy atom. The van der Waals surface area contributed by atoms with Crippen molar-refractivity contribution in [3.05, 3.63) is 45.9 Å². The number of methoxy groups -OCH3 is 3. The Labute approximate surface area is 267 Å². The average molecular weight is 535 g/mol. The van der Waals surface area contributed by atoms with Crippen LogP contribution in [0.4, 0.5) is 4.79 Å². The number of esters is 1. The summed E-state index contributed by atoms with van der Waals surface area (Å²) in [5.41, 5.74) is 0.918. The van der Waals surface area contributed by atoms with Crippen molar-refractivity contribution in [1.82, 2.24) is 0 Å². The molecule has 12 heteroatoms. The predicted molar refractivity (Wildman–Crippen MR) is 96.4 cm³/mol. The number of carboxylic acid groups (broad SMARTS) is 2. The summed E-state index contributed by atoms with van der Waals surface area (Å²) in [4.78, 5) is 19.8. The molecule has 0 aliphatic rings. The maximum atomic E-state index is 11.4. The Balaban J connectivity index is 0. The van der Waals surface area contributed by atoms with Crippen molar-refractivity contribution < 1.29 is 147 Å². The van der Waals surface area contributed by atoms with E-state index in [4.69, 9.17) is 29.2 Å². The second-order valence-electron chi connectivity index (χ2n) is 5.01. The normalized spacial score (nSPS) is 8.93. The van der Waals surface area contributed by atoms with E-state index in [-0.39, 0.29) is 121 Å². The summed E-state index contributed by atoms with van der Waals surface area (Å²) in [7, 11) is 4.37. The SMILES string of the molecule is COC(=O)c1ccc(OCc2cc(OC)c(OC)cc2Br)cc1O.O=C([O-])[O-].[K+].[K+]. The van der Waals surface area contributed by atoms with Crippen LogP contribution in [0.2, 0.25) is 0 Å². The van der Waals surface area contributed by atoms with Gasteiger partial charge in [-0.25, -0.2) is 4.79 Å². The number of phenols is 1. The number of ether oxygens (including phenoxy) is 4. The van der Waals surface area contributed by atoms with Gasteiger partial charge in [0, 0.05) is 16.1 Å². The quantitative estimate of drug-likeness (QED) is 0.285. The van der Waals surface area contributed by atoms with E-state index in [0.717, 1.165) is 10.0 Å². The fourth-order valence-corrected chi connectivity index (χ4v) is 2.49. The van der Waals surface area contributed by atoms with Gasteiger partial charge in [-0.15, -0.1) is 0 Å². The summed E-state index contributed by atoms with van der Waals surface area (Å²) in [6.07, 6.45) is -2.33. The number of halogens is 1. The maximum absolute atomic E-state index is 11.4. The van der Waals surface area contributed by atoms with E-state index in [2.05, 4.69) is 20.7 Å². The van der Waals surface area contributed by atoms with E-state index < -0.39 is 12.1 Å². The number of benzene rings is 2. The molecule has 2 rings (SSSR count). The van der Waals surface area contributed by atoms with Crippen molar-refractivity contribution in [2.24, 2.45) is 0 Å². The molecule has 0 amide bonds. The molecule has 0 aromatic heterocycles. The molecule has 0 aliphatic heterocycles. The number of hydrogen-bond donors (Lipinski definition) is 1. The molecule has 0 aliphatic carbocycles. The van der Waals surface area contributed by atoms with Gasteiger partial charge in [-0.05, 0) is 30.4 Å². The molecule has 2 aromatic carbocycles. The molecule has 0 radical (unpaired) electrons. The molecule has 0 fully saturated rings.